The third kappa shape index (κ3) is 4.87. The minimum absolute atomic E-state index is 0.273. The molecule has 108 valence electrons. The van der Waals surface area contributed by atoms with Crippen molar-refractivity contribution in [1.29, 1.82) is 0 Å². The molecule has 0 atom stereocenters. The lowest BCUT2D eigenvalue weighted by Crippen LogP contribution is -2.28. The summed E-state index contributed by atoms with van der Waals surface area (Å²) in [5.74, 6) is 0. The Morgan fingerprint density at radius 2 is 1.62 bits per heavy atom. The van der Waals surface area contributed by atoms with Crippen molar-refractivity contribution in [3.63, 3.8) is 0 Å². The van der Waals surface area contributed by atoms with Crippen LogP contribution in [0.4, 0.5) is 16.2 Å². The van der Waals surface area contributed by atoms with Crippen molar-refractivity contribution in [1.82, 2.24) is 10.7 Å². The van der Waals surface area contributed by atoms with Crippen molar-refractivity contribution < 1.29 is 9.59 Å². The first-order valence-corrected chi connectivity index (χ1v) is 6.42. The molecule has 0 fully saturated rings. The molecule has 6 nitrogen and oxygen atoms in total. The van der Waals surface area contributed by atoms with Crippen molar-refractivity contribution in [3.05, 3.63) is 60.2 Å². The van der Waals surface area contributed by atoms with Gasteiger partial charge in [-0.2, -0.15) is 0 Å². The number of carbonyl (C=O) groups is 2. The Bertz CT molecular complexity index is 584. The number of amides is 3. The van der Waals surface area contributed by atoms with Gasteiger partial charge in [-0.1, -0.05) is 30.3 Å². The Kier molecular flexibility index (Phi) is 5.17. The molecule has 0 unspecified atom stereocenters. The summed E-state index contributed by atoms with van der Waals surface area (Å²) >= 11 is 0. The lowest BCUT2D eigenvalue weighted by molar-refractivity contribution is -0.109. The highest BCUT2D eigenvalue weighted by atomic mass is 16.2. The number of carbonyl (C=O) groups excluding carboxylic acids is 2. The highest BCUT2D eigenvalue weighted by Gasteiger charge is 2.01. The van der Waals surface area contributed by atoms with E-state index in [0.29, 0.717) is 18.6 Å². The SMILES string of the molecule is O=CNNc1ccc(NC(=O)NCc2ccccc2)cc1. The van der Waals surface area contributed by atoms with Crippen LogP contribution in [0.1, 0.15) is 5.56 Å². The summed E-state index contributed by atoms with van der Waals surface area (Å²) < 4.78 is 0. The van der Waals surface area contributed by atoms with Crippen LogP contribution in [0.5, 0.6) is 0 Å². The third-order valence-electron chi connectivity index (χ3n) is 2.71. The van der Waals surface area contributed by atoms with Crippen molar-refractivity contribution >= 4 is 23.8 Å². The van der Waals surface area contributed by atoms with E-state index in [1.54, 1.807) is 24.3 Å². The number of hydrogen-bond donors (Lipinski definition) is 4. The van der Waals surface area contributed by atoms with Crippen LogP contribution in [0.15, 0.2) is 54.6 Å². The maximum atomic E-state index is 11.7. The molecule has 2 aromatic carbocycles. The second-order valence-corrected chi connectivity index (χ2v) is 4.26. The molecule has 0 aliphatic rings. The van der Waals surface area contributed by atoms with E-state index in [0.717, 1.165) is 11.3 Å². The van der Waals surface area contributed by atoms with Gasteiger partial charge in [-0.25, -0.2) is 4.79 Å². The summed E-state index contributed by atoms with van der Waals surface area (Å²) in [6, 6.07) is 16.3. The number of hydrazine groups is 1. The predicted octanol–water partition coefficient (Wildman–Crippen LogP) is 2.08. The first-order valence-electron chi connectivity index (χ1n) is 6.42. The van der Waals surface area contributed by atoms with E-state index in [2.05, 4.69) is 21.5 Å². The minimum atomic E-state index is -0.273. The molecule has 2 rings (SSSR count). The van der Waals surface area contributed by atoms with Crippen molar-refractivity contribution in [3.8, 4) is 0 Å². The van der Waals surface area contributed by atoms with Crippen LogP contribution >= 0.6 is 0 Å². The third-order valence-corrected chi connectivity index (χ3v) is 2.71. The van der Waals surface area contributed by atoms with Gasteiger partial charge in [0.25, 0.3) is 0 Å². The van der Waals surface area contributed by atoms with Gasteiger partial charge in [0.2, 0.25) is 6.41 Å². The molecule has 3 amide bonds. The highest BCUT2D eigenvalue weighted by Crippen LogP contribution is 2.12. The van der Waals surface area contributed by atoms with E-state index in [1.807, 2.05) is 30.3 Å². The van der Waals surface area contributed by atoms with E-state index in [9.17, 15) is 9.59 Å². The Labute approximate surface area is 122 Å². The van der Waals surface area contributed by atoms with Crippen LogP contribution in [0.3, 0.4) is 0 Å². The predicted molar refractivity (Wildman–Crippen MR) is 81.6 cm³/mol. The number of rotatable bonds is 6. The van der Waals surface area contributed by atoms with Crippen LogP contribution in [-0.2, 0) is 11.3 Å². The zero-order valence-electron chi connectivity index (χ0n) is 11.3. The molecule has 0 spiro atoms. The molecule has 6 heteroatoms. The lowest BCUT2D eigenvalue weighted by Gasteiger charge is -2.09. The van der Waals surface area contributed by atoms with Crippen LogP contribution in [0.25, 0.3) is 0 Å². The summed E-state index contributed by atoms with van der Waals surface area (Å²) in [5, 5.41) is 5.50. The van der Waals surface area contributed by atoms with Crippen LogP contribution in [0, 0.1) is 0 Å². The average molecular weight is 284 g/mol. The summed E-state index contributed by atoms with van der Waals surface area (Å²) in [6.07, 6.45) is 0.545. The van der Waals surface area contributed by atoms with Gasteiger partial charge < -0.3 is 10.6 Å². The van der Waals surface area contributed by atoms with Gasteiger partial charge in [0, 0.05) is 12.2 Å². The molecule has 0 bridgehead atoms. The molecule has 0 aliphatic carbocycles. The van der Waals surface area contributed by atoms with E-state index in [1.165, 1.54) is 0 Å². The molecule has 4 N–H and O–H groups in total. The van der Waals surface area contributed by atoms with Crippen molar-refractivity contribution in [2.75, 3.05) is 10.7 Å². The zero-order valence-corrected chi connectivity index (χ0v) is 11.3. The first-order chi connectivity index (χ1) is 10.3. The van der Waals surface area contributed by atoms with Gasteiger partial charge in [0.1, 0.15) is 0 Å². The Hall–Kier alpha value is -3.02. The first kappa shape index (κ1) is 14.4. The number of benzene rings is 2. The maximum absolute atomic E-state index is 11.7. The number of hydrogen-bond acceptors (Lipinski definition) is 3. The number of nitrogens with one attached hydrogen (secondary N) is 4. The van der Waals surface area contributed by atoms with E-state index >= 15 is 0 Å². The summed E-state index contributed by atoms with van der Waals surface area (Å²) in [4.78, 5) is 21.9. The van der Waals surface area contributed by atoms with Gasteiger partial charge >= 0.3 is 6.03 Å². The molecule has 0 heterocycles. The summed E-state index contributed by atoms with van der Waals surface area (Å²) in [7, 11) is 0. The summed E-state index contributed by atoms with van der Waals surface area (Å²) in [6.45, 7) is 0.468. The topological polar surface area (TPSA) is 82.3 Å². The second-order valence-electron chi connectivity index (χ2n) is 4.26. The van der Waals surface area contributed by atoms with Crippen molar-refractivity contribution in [2.24, 2.45) is 0 Å². The molecule has 0 saturated heterocycles. The van der Waals surface area contributed by atoms with Crippen LogP contribution < -0.4 is 21.5 Å². The lowest BCUT2D eigenvalue weighted by atomic mass is 10.2. The molecule has 0 saturated carbocycles. The maximum Gasteiger partial charge on any atom is 0.319 e. The van der Waals surface area contributed by atoms with Crippen molar-refractivity contribution in [2.45, 2.75) is 6.54 Å². The molecule has 0 radical (unpaired) electrons. The van der Waals surface area contributed by atoms with Gasteiger partial charge in [-0.05, 0) is 29.8 Å². The quantitative estimate of drug-likeness (QED) is 0.484. The Morgan fingerprint density at radius 3 is 2.29 bits per heavy atom. The molecule has 0 aliphatic heterocycles. The number of urea groups is 1. The van der Waals surface area contributed by atoms with Gasteiger partial charge in [-0.3, -0.25) is 15.6 Å². The fourth-order valence-electron chi connectivity index (χ4n) is 1.70. The zero-order chi connectivity index (χ0) is 14.9. The fourth-order valence-corrected chi connectivity index (χ4v) is 1.70. The van der Waals surface area contributed by atoms with E-state index in [4.69, 9.17) is 0 Å². The van der Waals surface area contributed by atoms with E-state index < -0.39 is 0 Å². The van der Waals surface area contributed by atoms with Crippen LogP contribution in [-0.4, -0.2) is 12.4 Å². The molecule has 0 aromatic heterocycles. The van der Waals surface area contributed by atoms with E-state index in [-0.39, 0.29) is 6.03 Å². The fraction of sp³-hybridized carbons (Fsp3) is 0.0667. The Morgan fingerprint density at radius 1 is 0.952 bits per heavy atom. The largest absolute Gasteiger partial charge is 0.334 e. The monoisotopic (exact) mass is 284 g/mol. The van der Waals surface area contributed by atoms with Gasteiger partial charge in [0.15, 0.2) is 0 Å². The highest BCUT2D eigenvalue weighted by molar-refractivity contribution is 5.89. The minimum Gasteiger partial charge on any atom is -0.334 e. The molecule has 2 aromatic rings. The molecule has 21 heavy (non-hydrogen) atoms. The number of anilines is 2. The second kappa shape index (κ2) is 7.54. The summed E-state index contributed by atoms with van der Waals surface area (Å²) in [5.41, 5.74) is 7.43. The van der Waals surface area contributed by atoms with Gasteiger partial charge in [-0.15, -0.1) is 0 Å². The molecular formula is C15H16N4O2. The average Bonchev–Trinajstić information content (AvgIpc) is 2.53. The molecular weight excluding hydrogens is 268 g/mol. The Balaban J connectivity index is 1.80. The normalized spacial score (nSPS) is 9.52. The standard InChI is InChI=1S/C15H16N4O2/c20-11-17-19-14-8-6-13(7-9-14)18-15(21)16-10-12-4-2-1-3-5-12/h1-9,11,19H,10H2,(H,17,20)(H2,16,18,21). The smallest absolute Gasteiger partial charge is 0.319 e. The van der Waals surface area contributed by atoms with Crippen LogP contribution in [0.2, 0.25) is 0 Å². The van der Waals surface area contributed by atoms with Gasteiger partial charge in [0.05, 0.1) is 5.69 Å².